The highest BCUT2D eigenvalue weighted by atomic mass is 16.5. The molecule has 1 fully saturated rings. The molecule has 1 saturated carbocycles. The molecule has 1 atom stereocenters. The molecule has 1 aromatic rings. The number of hydrogen-bond donors (Lipinski definition) is 0. The number of fused-ring (bicyclic) bond motifs is 2. The molecule has 0 spiro atoms. The van der Waals surface area contributed by atoms with Crippen LogP contribution in [0.1, 0.15) is 31.2 Å². The molecule has 2 nitrogen and oxygen atoms in total. The summed E-state index contributed by atoms with van der Waals surface area (Å²) in [7, 11) is 0. The summed E-state index contributed by atoms with van der Waals surface area (Å²) in [6.45, 7) is 0. The van der Waals surface area contributed by atoms with Gasteiger partial charge in [-0.05, 0) is 49.5 Å². The maximum Gasteiger partial charge on any atom is 0.127 e. The van der Waals surface area contributed by atoms with E-state index in [1.807, 2.05) is 36.7 Å². The van der Waals surface area contributed by atoms with Crippen molar-refractivity contribution in [3.8, 4) is 5.75 Å². The third-order valence-corrected chi connectivity index (χ3v) is 3.50. The standard InChI is InChI=1S/C16H17NO/c1-3-7-15-13(5-1)9-11-17-12-10-14-6-2-4-8-16(14)18-15/h1,3,5,7,9-12,16H,2,4,6,8H2. The Morgan fingerprint density at radius 2 is 2.11 bits per heavy atom. The molecule has 0 radical (unpaired) electrons. The number of aliphatic imine (C=N–C) groups is 1. The molecule has 1 aromatic carbocycles. The molecule has 2 aliphatic rings. The molecule has 1 aliphatic carbocycles. The van der Waals surface area contributed by atoms with E-state index in [9.17, 15) is 0 Å². The quantitative estimate of drug-likeness (QED) is 0.670. The van der Waals surface area contributed by atoms with Crippen LogP contribution < -0.4 is 4.74 Å². The molecule has 92 valence electrons. The summed E-state index contributed by atoms with van der Waals surface area (Å²) in [5.74, 6) is 0.962. The molecule has 18 heavy (non-hydrogen) atoms. The fourth-order valence-corrected chi connectivity index (χ4v) is 2.52. The minimum atomic E-state index is 0.220. The van der Waals surface area contributed by atoms with Crippen LogP contribution in [-0.2, 0) is 0 Å². The molecular weight excluding hydrogens is 222 g/mol. The average molecular weight is 239 g/mol. The van der Waals surface area contributed by atoms with Crippen LogP contribution >= 0.6 is 0 Å². The second-order valence-corrected chi connectivity index (χ2v) is 4.75. The molecule has 2 heteroatoms. The molecular formula is C16H17NO. The molecule has 0 bridgehead atoms. The van der Waals surface area contributed by atoms with Crippen LogP contribution in [0.2, 0.25) is 0 Å². The number of para-hydroxylation sites is 1. The van der Waals surface area contributed by atoms with Crippen molar-refractivity contribution in [1.29, 1.82) is 0 Å². The van der Waals surface area contributed by atoms with Crippen LogP contribution in [-0.4, -0.2) is 12.3 Å². The second kappa shape index (κ2) is 5.21. The molecule has 3 rings (SSSR count). The first-order valence-electron chi connectivity index (χ1n) is 6.58. The summed E-state index contributed by atoms with van der Waals surface area (Å²) in [5, 5.41) is 0. The normalized spacial score (nSPS) is 22.4. The van der Waals surface area contributed by atoms with Gasteiger partial charge in [-0.3, -0.25) is 4.99 Å². The first-order valence-corrected chi connectivity index (χ1v) is 6.58. The molecule has 1 unspecified atom stereocenters. The van der Waals surface area contributed by atoms with Crippen molar-refractivity contribution in [2.75, 3.05) is 0 Å². The Morgan fingerprint density at radius 3 is 3.11 bits per heavy atom. The number of rotatable bonds is 0. The lowest BCUT2D eigenvalue weighted by Gasteiger charge is -2.27. The Hall–Kier alpha value is -1.83. The second-order valence-electron chi connectivity index (χ2n) is 4.75. The van der Waals surface area contributed by atoms with Gasteiger partial charge in [0.15, 0.2) is 0 Å². The molecule has 0 saturated heterocycles. The van der Waals surface area contributed by atoms with E-state index in [2.05, 4.69) is 17.1 Å². The zero-order chi connectivity index (χ0) is 12.2. The summed E-state index contributed by atoms with van der Waals surface area (Å²) in [4.78, 5) is 4.28. The van der Waals surface area contributed by atoms with Gasteiger partial charge >= 0.3 is 0 Å². The number of nitrogens with zero attached hydrogens (tertiary/aromatic N) is 1. The molecule has 0 aromatic heterocycles. The predicted octanol–water partition coefficient (Wildman–Crippen LogP) is 3.99. The topological polar surface area (TPSA) is 21.6 Å². The molecule has 0 N–H and O–H groups in total. The Labute approximate surface area is 108 Å². The van der Waals surface area contributed by atoms with Gasteiger partial charge in [0.2, 0.25) is 0 Å². The van der Waals surface area contributed by atoms with Crippen LogP contribution in [0, 0.1) is 0 Å². The number of benzene rings is 1. The van der Waals surface area contributed by atoms with Gasteiger partial charge in [0, 0.05) is 18.0 Å². The van der Waals surface area contributed by atoms with Gasteiger partial charge in [-0.2, -0.15) is 0 Å². The zero-order valence-corrected chi connectivity index (χ0v) is 10.4. The van der Waals surface area contributed by atoms with Crippen molar-refractivity contribution < 1.29 is 4.74 Å². The number of allylic oxidation sites excluding steroid dienone is 1. The fourth-order valence-electron chi connectivity index (χ4n) is 2.52. The van der Waals surface area contributed by atoms with E-state index in [-0.39, 0.29) is 6.10 Å². The van der Waals surface area contributed by atoms with Gasteiger partial charge < -0.3 is 4.74 Å². The van der Waals surface area contributed by atoms with Crippen LogP contribution in [0.5, 0.6) is 5.75 Å². The largest absolute Gasteiger partial charge is 0.485 e. The summed E-state index contributed by atoms with van der Waals surface area (Å²) in [6, 6.07) is 8.15. The van der Waals surface area contributed by atoms with Gasteiger partial charge in [0.05, 0.1) is 0 Å². The van der Waals surface area contributed by atoms with Crippen molar-refractivity contribution in [2.24, 2.45) is 4.99 Å². The van der Waals surface area contributed by atoms with Crippen LogP contribution in [0.25, 0.3) is 6.08 Å². The smallest absolute Gasteiger partial charge is 0.127 e. The SMILES string of the molecule is C1=Cc2ccccc2OC2CCCCC2=CC=N1. The molecule has 1 heterocycles. The van der Waals surface area contributed by atoms with E-state index in [1.165, 1.54) is 18.4 Å². The monoisotopic (exact) mass is 239 g/mol. The van der Waals surface area contributed by atoms with Crippen LogP contribution in [0.15, 0.2) is 47.1 Å². The van der Waals surface area contributed by atoms with Gasteiger partial charge in [-0.15, -0.1) is 0 Å². The minimum Gasteiger partial charge on any atom is -0.485 e. The van der Waals surface area contributed by atoms with Crippen molar-refractivity contribution in [3.63, 3.8) is 0 Å². The zero-order valence-electron chi connectivity index (χ0n) is 10.4. The lowest BCUT2D eigenvalue weighted by Crippen LogP contribution is -2.23. The Bertz CT molecular complexity index is 514. The number of ether oxygens (including phenoxy) is 1. The summed E-state index contributed by atoms with van der Waals surface area (Å²) >= 11 is 0. The highest BCUT2D eigenvalue weighted by Gasteiger charge is 2.20. The van der Waals surface area contributed by atoms with Gasteiger partial charge in [0.25, 0.3) is 0 Å². The highest BCUT2D eigenvalue weighted by Crippen LogP contribution is 2.30. The van der Waals surface area contributed by atoms with E-state index in [4.69, 9.17) is 4.74 Å². The van der Waals surface area contributed by atoms with Gasteiger partial charge in [-0.25, -0.2) is 0 Å². The summed E-state index contributed by atoms with van der Waals surface area (Å²) in [6.07, 6.45) is 12.8. The Morgan fingerprint density at radius 1 is 1.17 bits per heavy atom. The van der Waals surface area contributed by atoms with Crippen molar-refractivity contribution in [3.05, 3.63) is 47.7 Å². The predicted molar refractivity (Wildman–Crippen MR) is 74.9 cm³/mol. The first kappa shape index (κ1) is 11.3. The van der Waals surface area contributed by atoms with Gasteiger partial charge in [-0.1, -0.05) is 18.2 Å². The summed E-state index contributed by atoms with van der Waals surface area (Å²) in [5.41, 5.74) is 2.47. The third-order valence-electron chi connectivity index (χ3n) is 3.50. The maximum absolute atomic E-state index is 6.20. The molecule has 1 aliphatic heterocycles. The van der Waals surface area contributed by atoms with Crippen molar-refractivity contribution >= 4 is 12.3 Å². The van der Waals surface area contributed by atoms with Crippen LogP contribution in [0.3, 0.4) is 0 Å². The molecule has 0 amide bonds. The van der Waals surface area contributed by atoms with Gasteiger partial charge in [0.1, 0.15) is 11.9 Å². The highest BCUT2D eigenvalue weighted by molar-refractivity contribution is 5.74. The fraction of sp³-hybridized carbons (Fsp3) is 0.312. The third kappa shape index (κ3) is 2.37. The lowest BCUT2D eigenvalue weighted by molar-refractivity contribution is 0.203. The Kier molecular flexibility index (Phi) is 3.26. The van der Waals surface area contributed by atoms with E-state index < -0.39 is 0 Å². The van der Waals surface area contributed by atoms with E-state index >= 15 is 0 Å². The summed E-state index contributed by atoms with van der Waals surface area (Å²) < 4.78 is 6.20. The van der Waals surface area contributed by atoms with E-state index in [1.54, 1.807) is 0 Å². The maximum atomic E-state index is 6.20. The van der Waals surface area contributed by atoms with E-state index in [0.717, 1.165) is 24.2 Å². The van der Waals surface area contributed by atoms with Crippen molar-refractivity contribution in [2.45, 2.75) is 31.8 Å². The Balaban J connectivity index is 1.99. The number of hydrogen-bond acceptors (Lipinski definition) is 2. The first-order chi connectivity index (χ1) is 8.93. The van der Waals surface area contributed by atoms with Crippen molar-refractivity contribution in [1.82, 2.24) is 0 Å². The van der Waals surface area contributed by atoms with E-state index in [0.29, 0.717) is 0 Å². The minimum absolute atomic E-state index is 0.220. The lowest BCUT2D eigenvalue weighted by atomic mass is 9.91. The average Bonchev–Trinajstić information content (AvgIpc) is 2.42. The van der Waals surface area contributed by atoms with Crippen LogP contribution in [0.4, 0.5) is 0 Å².